The Kier molecular flexibility index (Phi) is 8.83. The summed E-state index contributed by atoms with van der Waals surface area (Å²) < 4.78 is 58.3. The number of hydrogen-bond acceptors (Lipinski definition) is 10. The molecule has 16 nitrogen and oxygen atoms in total. The summed E-state index contributed by atoms with van der Waals surface area (Å²) in [6, 6.07) is 0. The van der Waals surface area contributed by atoms with Gasteiger partial charge < -0.3 is 29.0 Å². The van der Waals surface area contributed by atoms with Crippen molar-refractivity contribution >= 4 is 23.5 Å². The van der Waals surface area contributed by atoms with Crippen LogP contribution in [0.15, 0.2) is 27.6 Å². The van der Waals surface area contributed by atoms with E-state index in [1.54, 1.807) is 13.8 Å². The van der Waals surface area contributed by atoms with Gasteiger partial charge in [-0.3, -0.25) is 18.9 Å². The van der Waals surface area contributed by atoms with Gasteiger partial charge in [-0.25, -0.2) is 18.5 Å². The van der Waals surface area contributed by atoms with E-state index in [-0.39, 0.29) is 12.0 Å². The first-order valence-electron chi connectivity index (χ1n) is 9.03. The van der Waals surface area contributed by atoms with Crippen LogP contribution in [0.25, 0.3) is 0 Å². The summed E-state index contributed by atoms with van der Waals surface area (Å²) in [6.45, 7) is 4.15. The minimum absolute atomic E-state index is 0.0413. The Bertz CT molecular complexity index is 1150. The third kappa shape index (κ3) is 8.71. The van der Waals surface area contributed by atoms with E-state index < -0.39 is 59.8 Å². The summed E-state index contributed by atoms with van der Waals surface area (Å²) >= 11 is 0. The van der Waals surface area contributed by atoms with Crippen LogP contribution in [0.5, 0.6) is 0 Å². The van der Waals surface area contributed by atoms with E-state index in [1.165, 1.54) is 19.4 Å². The summed E-state index contributed by atoms with van der Waals surface area (Å²) in [6.07, 6.45) is -0.257. The van der Waals surface area contributed by atoms with Crippen molar-refractivity contribution in [2.45, 2.75) is 45.6 Å². The summed E-state index contributed by atoms with van der Waals surface area (Å²) in [5.74, 6) is 0. The van der Waals surface area contributed by atoms with Crippen LogP contribution in [0.3, 0.4) is 0 Å². The van der Waals surface area contributed by atoms with Gasteiger partial charge >= 0.3 is 29.2 Å². The van der Waals surface area contributed by atoms with E-state index in [0.29, 0.717) is 0 Å². The van der Waals surface area contributed by atoms with Crippen LogP contribution < -0.4 is 11.2 Å². The highest BCUT2D eigenvalue weighted by Crippen LogP contribution is 2.66. The van der Waals surface area contributed by atoms with Gasteiger partial charge in [0.2, 0.25) is 0 Å². The van der Waals surface area contributed by atoms with E-state index >= 15 is 0 Å². The first-order chi connectivity index (χ1) is 15.0. The Morgan fingerprint density at radius 1 is 1.18 bits per heavy atom. The first kappa shape index (κ1) is 27.8. The number of ether oxygens (including phenoxy) is 2. The number of aromatic amines is 1. The van der Waals surface area contributed by atoms with Crippen molar-refractivity contribution in [3.63, 3.8) is 0 Å². The number of allylic oxidation sites excluding steroid dienone is 1. The molecule has 1 aromatic heterocycles. The first-order valence-corrected chi connectivity index (χ1v) is 13.5. The zero-order valence-electron chi connectivity index (χ0n) is 17.5. The highest BCUT2D eigenvalue weighted by molar-refractivity contribution is 7.66. The van der Waals surface area contributed by atoms with Crippen LogP contribution in [-0.2, 0) is 36.3 Å². The molecule has 0 radical (unpaired) electrons. The summed E-state index contributed by atoms with van der Waals surface area (Å²) in [7, 11) is -16.6. The van der Waals surface area contributed by atoms with Crippen molar-refractivity contribution in [2.75, 3.05) is 6.61 Å². The van der Waals surface area contributed by atoms with Gasteiger partial charge in [-0.05, 0) is 26.3 Å². The van der Waals surface area contributed by atoms with Crippen LogP contribution in [-0.4, -0.2) is 47.9 Å². The largest absolute Gasteiger partial charge is 0.495 e. The lowest BCUT2D eigenvalue weighted by Crippen LogP contribution is -2.33. The Labute approximate surface area is 186 Å². The normalized spacial score (nSPS) is 24.6. The minimum Gasteiger partial charge on any atom is -0.495 e. The van der Waals surface area contributed by atoms with Gasteiger partial charge in [-0.15, -0.1) is 0 Å². The SMILES string of the molecule is CC(C)=CO[C@H]1C[C@H](n2cc(C)c(=O)[nH]c2=O)O[C@@H]1COP(=O)(O)OP(=O)(O)OP(=O)(O)O. The average Bonchev–Trinajstić information content (AvgIpc) is 3.01. The van der Waals surface area contributed by atoms with Gasteiger partial charge in [0.25, 0.3) is 5.56 Å². The van der Waals surface area contributed by atoms with E-state index in [2.05, 4.69) is 18.1 Å². The summed E-state index contributed by atoms with van der Waals surface area (Å²) in [5, 5.41) is 0. The van der Waals surface area contributed by atoms with Crippen molar-refractivity contribution in [3.8, 4) is 0 Å². The maximum atomic E-state index is 12.1. The quantitative estimate of drug-likeness (QED) is 0.205. The van der Waals surface area contributed by atoms with Crippen molar-refractivity contribution in [2.24, 2.45) is 0 Å². The highest BCUT2D eigenvalue weighted by atomic mass is 31.3. The Balaban J connectivity index is 2.18. The fourth-order valence-electron chi connectivity index (χ4n) is 2.66. The topological polar surface area (TPSA) is 233 Å². The van der Waals surface area contributed by atoms with E-state index in [4.69, 9.17) is 19.3 Å². The van der Waals surface area contributed by atoms with Crippen LogP contribution in [0, 0.1) is 6.92 Å². The van der Waals surface area contributed by atoms with Crippen molar-refractivity contribution in [3.05, 3.63) is 44.4 Å². The molecular formula is C14H23N2O14P3. The summed E-state index contributed by atoms with van der Waals surface area (Å²) in [5.41, 5.74) is -0.389. The zero-order valence-corrected chi connectivity index (χ0v) is 20.1. The molecule has 19 heteroatoms. The third-order valence-corrected chi connectivity index (χ3v) is 7.74. The molecule has 0 spiro atoms. The number of hydrogen-bond donors (Lipinski definition) is 5. The Hall–Kier alpha value is -1.41. The van der Waals surface area contributed by atoms with Gasteiger partial charge in [0.1, 0.15) is 18.4 Å². The number of rotatable bonds is 10. The molecule has 2 rings (SSSR count). The number of phosphoric ester groups is 1. The molecule has 0 saturated carbocycles. The molecule has 5 atom stereocenters. The molecule has 5 N–H and O–H groups in total. The molecule has 33 heavy (non-hydrogen) atoms. The molecular weight excluding hydrogens is 513 g/mol. The van der Waals surface area contributed by atoms with Gasteiger partial charge in [-0.2, -0.15) is 8.62 Å². The molecule has 0 amide bonds. The second-order valence-electron chi connectivity index (χ2n) is 7.10. The number of aromatic nitrogens is 2. The Morgan fingerprint density at radius 3 is 2.39 bits per heavy atom. The predicted molar refractivity (Wildman–Crippen MR) is 109 cm³/mol. The van der Waals surface area contributed by atoms with Crippen LogP contribution in [0.2, 0.25) is 0 Å². The zero-order chi connectivity index (χ0) is 25.2. The number of nitrogens with zero attached hydrogens (tertiary/aromatic N) is 1. The molecule has 0 bridgehead atoms. The molecule has 2 heterocycles. The van der Waals surface area contributed by atoms with Crippen LogP contribution >= 0.6 is 23.5 Å². The van der Waals surface area contributed by atoms with Gasteiger partial charge in [0.15, 0.2) is 0 Å². The lowest BCUT2D eigenvalue weighted by atomic mass is 10.2. The smallest absolute Gasteiger partial charge is 0.490 e. The lowest BCUT2D eigenvalue weighted by Gasteiger charge is -2.21. The number of phosphoric acid groups is 3. The Morgan fingerprint density at radius 2 is 1.82 bits per heavy atom. The molecule has 1 saturated heterocycles. The monoisotopic (exact) mass is 536 g/mol. The minimum atomic E-state index is -5.68. The van der Waals surface area contributed by atoms with E-state index in [0.717, 1.165) is 10.1 Å². The second kappa shape index (κ2) is 10.5. The molecule has 188 valence electrons. The second-order valence-corrected chi connectivity index (χ2v) is 11.5. The number of nitrogens with one attached hydrogen (secondary N) is 1. The predicted octanol–water partition coefficient (Wildman–Crippen LogP) is 0.785. The molecule has 0 aromatic carbocycles. The molecule has 1 fully saturated rings. The molecule has 0 aliphatic carbocycles. The highest BCUT2D eigenvalue weighted by Gasteiger charge is 2.43. The fourth-order valence-corrected chi connectivity index (χ4v) is 5.69. The maximum Gasteiger partial charge on any atom is 0.490 e. The standard InChI is InChI=1S/C14H23N2O14P3/c1-8(2)6-26-10-4-12(16-5-9(3)13(17)15-14(16)18)28-11(10)7-27-32(22,23)30-33(24,25)29-31(19,20)21/h5-6,10-12H,4,7H2,1-3H3,(H,22,23)(H,24,25)(H,15,17,18)(H2,19,20,21)/t10-,11+,12+/m0/s1. The van der Waals surface area contributed by atoms with Crippen LogP contribution in [0.1, 0.15) is 32.1 Å². The van der Waals surface area contributed by atoms with E-state index in [1.807, 2.05) is 0 Å². The number of aryl methyl sites for hydroxylation is 1. The van der Waals surface area contributed by atoms with E-state index in [9.17, 15) is 33.1 Å². The lowest BCUT2D eigenvalue weighted by molar-refractivity contribution is -0.0473. The summed E-state index contributed by atoms with van der Waals surface area (Å²) in [4.78, 5) is 61.8. The number of H-pyrrole nitrogens is 1. The third-order valence-electron chi connectivity index (χ3n) is 3.93. The molecule has 1 aliphatic heterocycles. The van der Waals surface area contributed by atoms with Gasteiger partial charge in [0.05, 0.1) is 12.9 Å². The van der Waals surface area contributed by atoms with Gasteiger partial charge in [-0.1, -0.05) is 0 Å². The molecule has 1 aliphatic rings. The van der Waals surface area contributed by atoms with Crippen LogP contribution in [0.4, 0.5) is 0 Å². The molecule has 1 aromatic rings. The van der Waals surface area contributed by atoms with Crippen molar-refractivity contribution in [1.29, 1.82) is 0 Å². The molecule has 2 unspecified atom stereocenters. The maximum absolute atomic E-state index is 12.1. The van der Waals surface area contributed by atoms with Crippen molar-refractivity contribution in [1.82, 2.24) is 9.55 Å². The fraction of sp³-hybridized carbons (Fsp3) is 0.571. The van der Waals surface area contributed by atoms with Crippen molar-refractivity contribution < 1.29 is 55.9 Å². The average molecular weight is 536 g/mol. The van der Waals surface area contributed by atoms with Gasteiger partial charge in [0, 0.05) is 18.2 Å².